The maximum Gasteiger partial charge on any atom is 0.236 e. The molecule has 0 bridgehead atoms. The number of carbonyl (C=O) groups excluding carboxylic acids is 1. The monoisotopic (exact) mass is 329 g/mol. The number of nitrogens with zero attached hydrogens (tertiary/aromatic N) is 1. The van der Waals surface area contributed by atoms with Crippen LogP contribution in [0.1, 0.15) is 17.9 Å². The normalized spacial score (nSPS) is 23.7. The van der Waals surface area contributed by atoms with Crippen molar-refractivity contribution in [2.75, 3.05) is 20.3 Å². The van der Waals surface area contributed by atoms with Gasteiger partial charge in [-0.25, -0.2) is 0 Å². The lowest BCUT2D eigenvalue weighted by Gasteiger charge is -2.23. The molecule has 1 aromatic carbocycles. The van der Waals surface area contributed by atoms with Crippen LogP contribution in [0.15, 0.2) is 28.7 Å². The van der Waals surface area contributed by atoms with Gasteiger partial charge in [0.15, 0.2) is 0 Å². The summed E-state index contributed by atoms with van der Waals surface area (Å²) in [7, 11) is 1.66. The smallest absolute Gasteiger partial charge is 0.236 e. The minimum atomic E-state index is 0.0236. The number of rotatable bonds is 4. The molecule has 0 aliphatic carbocycles. The molecule has 18 heavy (non-hydrogen) atoms. The van der Waals surface area contributed by atoms with Crippen LogP contribution in [-0.4, -0.2) is 36.3 Å². The molecule has 1 amide bonds. The van der Waals surface area contributed by atoms with E-state index >= 15 is 0 Å². The van der Waals surface area contributed by atoms with Crippen molar-refractivity contribution in [2.45, 2.75) is 17.5 Å². The van der Waals surface area contributed by atoms with Crippen LogP contribution in [0.4, 0.5) is 0 Å². The molecule has 1 aliphatic rings. The summed E-state index contributed by atoms with van der Waals surface area (Å²) in [5.74, 6) is 0.199. The van der Waals surface area contributed by atoms with Gasteiger partial charge >= 0.3 is 0 Å². The Morgan fingerprint density at radius 1 is 1.39 bits per heavy atom. The molecule has 98 valence electrons. The van der Waals surface area contributed by atoms with E-state index in [4.69, 9.17) is 4.74 Å². The molecule has 1 saturated heterocycles. The van der Waals surface area contributed by atoms with Crippen LogP contribution in [0, 0.1) is 0 Å². The van der Waals surface area contributed by atoms with Gasteiger partial charge < -0.3 is 9.64 Å². The first-order valence-electron chi connectivity index (χ1n) is 5.84. The van der Waals surface area contributed by atoms with Crippen LogP contribution in [0.5, 0.6) is 0 Å². The summed E-state index contributed by atoms with van der Waals surface area (Å²) in [4.78, 5) is 14.0. The largest absolute Gasteiger partial charge is 0.383 e. The highest BCUT2D eigenvalue weighted by molar-refractivity contribution is 9.10. The number of amides is 1. The lowest BCUT2D eigenvalue weighted by atomic mass is 10.2. The van der Waals surface area contributed by atoms with Crippen molar-refractivity contribution in [1.82, 2.24) is 4.90 Å². The minimum absolute atomic E-state index is 0.0236. The predicted molar refractivity (Wildman–Crippen MR) is 77.5 cm³/mol. The Morgan fingerprint density at radius 2 is 2.06 bits per heavy atom. The Kier molecular flexibility index (Phi) is 4.70. The molecule has 1 fully saturated rings. The summed E-state index contributed by atoms with van der Waals surface area (Å²) in [6, 6.07) is 8.15. The van der Waals surface area contributed by atoms with Crippen molar-refractivity contribution in [1.29, 1.82) is 0 Å². The van der Waals surface area contributed by atoms with Crippen LogP contribution >= 0.6 is 27.7 Å². The fraction of sp³-hybridized carbons (Fsp3) is 0.462. The molecule has 0 unspecified atom stereocenters. The van der Waals surface area contributed by atoms with E-state index in [1.807, 2.05) is 24.0 Å². The SMILES string of the molecule is COCCN1C(=O)[C@@H](C)S[C@@H]1c1ccc(Br)cc1. The van der Waals surface area contributed by atoms with Crippen molar-refractivity contribution in [3.05, 3.63) is 34.3 Å². The van der Waals surface area contributed by atoms with Gasteiger partial charge in [0.05, 0.1) is 11.9 Å². The Bertz CT molecular complexity index is 424. The maximum atomic E-state index is 12.1. The fourth-order valence-electron chi connectivity index (χ4n) is 1.98. The second-order valence-electron chi connectivity index (χ2n) is 4.21. The molecule has 0 N–H and O–H groups in total. The van der Waals surface area contributed by atoms with Gasteiger partial charge in [0.2, 0.25) is 5.91 Å². The van der Waals surface area contributed by atoms with Gasteiger partial charge in [-0.2, -0.15) is 0 Å². The summed E-state index contributed by atoms with van der Waals surface area (Å²) in [6.07, 6.45) is 0. The molecule has 2 rings (SSSR count). The summed E-state index contributed by atoms with van der Waals surface area (Å²) in [5, 5.41) is 0.131. The molecular weight excluding hydrogens is 314 g/mol. The Hall–Kier alpha value is -0.520. The van der Waals surface area contributed by atoms with Crippen LogP contribution in [0.2, 0.25) is 0 Å². The van der Waals surface area contributed by atoms with E-state index in [2.05, 4.69) is 28.1 Å². The van der Waals surface area contributed by atoms with E-state index in [0.29, 0.717) is 13.2 Å². The van der Waals surface area contributed by atoms with E-state index in [-0.39, 0.29) is 16.5 Å². The molecule has 1 heterocycles. The lowest BCUT2D eigenvalue weighted by Crippen LogP contribution is -2.33. The predicted octanol–water partition coefficient (Wildman–Crippen LogP) is 3.06. The number of methoxy groups -OCH3 is 1. The molecule has 5 heteroatoms. The summed E-state index contributed by atoms with van der Waals surface area (Å²) >= 11 is 5.12. The maximum absolute atomic E-state index is 12.1. The molecule has 0 spiro atoms. The summed E-state index contributed by atoms with van der Waals surface area (Å²) in [6.45, 7) is 3.19. The summed E-state index contributed by atoms with van der Waals surface area (Å²) < 4.78 is 6.13. The molecular formula is C13H16BrNO2S. The Labute approximate surface area is 120 Å². The van der Waals surface area contributed by atoms with E-state index in [1.165, 1.54) is 0 Å². The molecule has 1 aromatic rings. The first kappa shape index (κ1) is 13.9. The number of thioether (sulfide) groups is 1. The van der Waals surface area contributed by atoms with Gasteiger partial charge in [-0.05, 0) is 24.6 Å². The van der Waals surface area contributed by atoms with Gasteiger partial charge in [-0.15, -0.1) is 11.8 Å². The standard InChI is InChI=1S/C13H16BrNO2S/c1-9-12(16)15(7-8-17-2)13(18-9)10-3-5-11(14)6-4-10/h3-6,9,13H,7-8H2,1-2H3/t9-,13-/m1/s1. The number of hydrogen-bond donors (Lipinski definition) is 0. The summed E-state index contributed by atoms with van der Waals surface area (Å²) in [5.41, 5.74) is 1.16. The third-order valence-electron chi connectivity index (χ3n) is 2.94. The van der Waals surface area contributed by atoms with Crippen LogP contribution in [-0.2, 0) is 9.53 Å². The Balaban J connectivity index is 2.19. The number of ether oxygens (including phenoxy) is 1. The fourth-order valence-corrected chi connectivity index (χ4v) is 3.55. The molecule has 3 nitrogen and oxygen atoms in total. The number of halogens is 1. The van der Waals surface area contributed by atoms with Crippen molar-refractivity contribution in [3.8, 4) is 0 Å². The number of benzene rings is 1. The van der Waals surface area contributed by atoms with Crippen molar-refractivity contribution in [3.63, 3.8) is 0 Å². The van der Waals surface area contributed by atoms with Crippen molar-refractivity contribution < 1.29 is 9.53 Å². The zero-order valence-corrected chi connectivity index (χ0v) is 12.8. The third-order valence-corrected chi connectivity index (χ3v) is 4.86. The van der Waals surface area contributed by atoms with E-state index in [1.54, 1.807) is 18.9 Å². The minimum Gasteiger partial charge on any atom is -0.383 e. The topological polar surface area (TPSA) is 29.5 Å². The van der Waals surface area contributed by atoms with Crippen molar-refractivity contribution >= 4 is 33.6 Å². The van der Waals surface area contributed by atoms with Crippen LogP contribution in [0.25, 0.3) is 0 Å². The van der Waals surface area contributed by atoms with E-state index in [0.717, 1.165) is 10.0 Å². The second kappa shape index (κ2) is 6.08. The lowest BCUT2D eigenvalue weighted by molar-refractivity contribution is -0.130. The molecule has 2 atom stereocenters. The average Bonchev–Trinajstić information content (AvgIpc) is 2.64. The highest BCUT2D eigenvalue weighted by atomic mass is 79.9. The van der Waals surface area contributed by atoms with Gasteiger partial charge in [-0.3, -0.25) is 4.79 Å². The van der Waals surface area contributed by atoms with Gasteiger partial charge in [0.1, 0.15) is 5.37 Å². The van der Waals surface area contributed by atoms with Crippen molar-refractivity contribution in [2.24, 2.45) is 0 Å². The molecule has 1 aliphatic heterocycles. The number of carbonyl (C=O) groups is 1. The first-order chi connectivity index (χ1) is 8.63. The van der Waals surface area contributed by atoms with E-state index < -0.39 is 0 Å². The zero-order chi connectivity index (χ0) is 13.1. The average molecular weight is 330 g/mol. The first-order valence-corrected chi connectivity index (χ1v) is 7.57. The molecule has 0 radical (unpaired) electrons. The van der Waals surface area contributed by atoms with Gasteiger partial charge in [0, 0.05) is 18.1 Å². The zero-order valence-electron chi connectivity index (χ0n) is 10.4. The van der Waals surface area contributed by atoms with E-state index in [9.17, 15) is 4.79 Å². The molecule has 0 saturated carbocycles. The van der Waals surface area contributed by atoms with Gasteiger partial charge in [0.25, 0.3) is 0 Å². The second-order valence-corrected chi connectivity index (χ2v) is 6.55. The Morgan fingerprint density at radius 3 is 2.67 bits per heavy atom. The van der Waals surface area contributed by atoms with Crippen LogP contribution < -0.4 is 0 Å². The molecule has 0 aromatic heterocycles. The van der Waals surface area contributed by atoms with Gasteiger partial charge in [-0.1, -0.05) is 28.1 Å². The number of hydrogen-bond acceptors (Lipinski definition) is 3. The van der Waals surface area contributed by atoms with Crippen LogP contribution in [0.3, 0.4) is 0 Å². The third kappa shape index (κ3) is 2.90. The highest BCUT2D eigenvalue weighted by Crippen LogP contribution is 2.42. The highest BCUT2D eigenvalue weighted by Gasteiger charge is 2.37. The quantitative estimate of drug-likeness (QED) is 0.850.